The topological polar surface area (TPSA) is 110 Å². The number of nitrogens with zero attached hydrogens (tertiary/aromatic N) is 6. The molecule has 4 heterocycles. The highest BCUT2D eigenvalue weighted by molar-refractivity contribution is 6.00. The second-order valence-electron chi connectivity index (χ2n) is 8.59. The first-order valence-electron chi connectivity index (χ1n) is 11.3. The fraction of sp³-hybridized carbons (Fsp3) is 0.522. The molecule has 1 amide bonds. The van der Waals surface area contributed by atoms with Crippen molar-refractivity contribution >= 4 is 17.6 Å². The lowest BCUT2D eigenvalue weighted by Crippen LogP contribution is -2.46. The zero-order valence-corrected chi connectivity index (χ0v) is 18.9. The molecule has 0 bridgehead atoms. The van der Waals surface area contributed by atoms with Gasteiger partial charge in [-0.3, -0.25) is 14.7 Å². The lowest BCUT2D eigenvalue weighted by atomic mass is 9.88. The lowest BCUT2D eigenvalue weighted by molar-refractivity contribution is -0.138. The fourth-order valence-electron chi connectivity index (χ4n) is 4.66. The number of aromatic nitrogens is 3. The number of hydrogen-bond acceptors (Lipinski definition) is 8. The molecule has 33 heavy (non-hydrogen) atoms. The molecule has 0 spiro atoms. The van der Waals surface area contributed by atoms with Gasteiger partial charge >= 0.3 is 0 Å². The van der Waals surface area contributed by atoms with Crippen molar-refractivity contribution in [2.45, 2.75) is 32.2 Å². The number of pyridine rings is 1. The minimum atomic E-state index is -0.413. The van der Waals surface area contributed by atoms with Crippen molar-refractivity contribution in [3.8, 4) is 0 Å². The summed E-state index contributed by atoms with van der Waals surface area (Å²) in [6, 6.07) is 2.93. The monoisotopic (exact) mass is 455 g/mol. The van der Waals surface area contributed by atoms with Gasteiger partial charge in [0.15, 0.2) is 5.82 Å². The maximum Gasteiger partial charge on any atom is 0.225 e. The maximum absolute atomic E-state index is 14.3. The van der Waals surface area contributed by atoms with Crippen molar-refractivity contribution in [2.75, 3.05) is 39.0 Å². The van der Waals surface area contributed by atoms with E-state index in [0.717, 1.165) is 38.0 Å². The van der Waals surface area contributed by atoms with Crippen LogP contribution >= 0.6 is 0 Å². The fourth-order valence-corrected chi connectivity index (χ4v) is 4.66. The molecule has 2 aromatic heterocycles. The Morgan fingerprint density at radius 2 is 1.79 bits per heavy atom. The highest BCUT2D eigenvalue weighted by atomic mass is 19.1. The molecule has 9 nitrogen and oxygen atoms in total. The smallest absolute Gasteiger partial charge is 0.225 e. The molecule has 2 aliphatic rings. The molecule has 2 saturated heterocycles. The number of carbonyl (C=O) groups excluding carboxylic acids is 1. The van der Waals surface area contributed by atoms with E-state index in [1.807, 2.05) is 4.90 Å². The number of rotatable bonds is 6. The molecule has 0 aromatic carbocycles. The van der Waals surface area contributed by atoms with Gasteiger partial charge in [0.1, 0.15) is 18.5 Å². The number of hydrogen-bond donors (Lipinski definition) is 1. The van der Waals surface area contributed by atoms with Gasteiger partial charge in [-0.2, -0.15) is 0 Å². The Bertz CT molecular complexity index is 969. The highest BCUT2D eigenvalue weighted by Gasteiger charge is 2.33. The van der Waals surface area contributed by atoms with Crippen molar-refractivity contribution in [1.82, 2.24) is 24.8 Å². The molecule has 2 aliphatic heterocycles. The van der Waals surface area contributed by atoms with Crippen molar-refractivity contribution in [2.24, 2.45) is 17.0 Å². The van der Waals surface area contributed by atoms with Crippen LogP contribution in [0.25, 0.3) is 0 Å². The molecular formula is C23H30FN7O2. The third-order valence-electron chi connectivity index (χ3n) is 6.45. The number of nitrogens with two attached hydrogens (primary N) is 1. The summed E-state index contributed by atoms with van der Waals surface area (Å²) in [6.45, 7) is 3.74. The third-order valence-corrected chi connectivity index (χ3v) is 6.45. The first kappa shape index (κ1) is 23.0. The first-order valence-corrected chi connectivity index (χ1v) is 11.3. The summed E-state index contributed by atoms with van der Waals surface area (Å²) in [5, 5.41) is 4.08. The van der Waals surface area contributed by atoms with E-state index in [9.17, 15) is 9.18 Å². The van der Waals surface area contributed by atoms with E-state index < -0.39 is 5.82 Å². The summed E-state index contributed by atoms with van der Waals surface area (Å²) in [5.74, 6) is 0.128. The Labute approximate surface area is 192 Å². The van der Waals surface area contributed by atoms with E-state index in [2.05, 4.69) is 25.0 Å². The van der Waals surface area contributed by atoms with Crippen molar-refractivity contribution in [3.63, 3.8) is 0 Å². The summed E-state index contributed by atoms with van der Waals surface area (Å²) in [5.41, 5.74) is 7.31. The predicted molar refractivity (Wildman–Crippen MR) is 121 cm³/mol. The predicted octanol–water partition coefficient (Wildman–Crippen LogP) is 2.09. The van der Waals surface area contributed by atoms with E-state index in [1.165, 1.54) is 13.2 Å². The van der Waals surface area contributed by atoms with E-state index >= 15 is 0 Å². The SMILES string of the molecule is CO/N=C(\c1ncccc1F)C1CCN(C(=O)C2CCN(Cc3cnc(N)nc3)CC2)CC1. The molecule has 10 heteroatoms. The molecule has 4 rings (SSSR count). The zero-order chi connectivity index (χ0) is 23.2. The van der Waals surface area contributed by atoms with Gasteiger partial charge in [0.2, 0.25) is 11.9 Å². The molecule has 2 aromatic rings. The van der Waals surface area contributed by atoms with Gasteiger partial charge in [-0.25, -0.2) is 14.4 Å². The standard InChI is InChI=1S/C23H30FN7O2/c1-33-29-20(21-19(24)3-2-8-26-21)17-6-11-31(12-7-17)22(32)18-4-9-30(10-5-18)15-16-13-27-23(25)28-14-16/h2-3,8,13-14,17-18H,4-7,9-12,15H2,1H3,(H2,25,27,28)/b29-20-. The van der Waals surface area contributed by atoms with Gasteiger partial charge in [-0.05, 0) is 50.9 Å². The summed E-state index contributed by atoms with van der Waals surface area (Å²) in [6.07, 6.45) is 8.15. The minimum Gasteiger partial charge on any atom is -0.399 e. The van der Waals surface area contributed by atoms with Crippen LogP contribution in [0.3, 0.4) is 0 Å². The maximum atomic E-state index is 14.3. The van der Waals surface area contributed by atoms with Crippen molar-refractivity contribution < 1.29 is 14.0 Å². The van der Waals surface area contributed by atoms with E-state index in [-0.39, 0.29) is 29.4 Å². The van der Waals surface area contributed by atoms with Crippen molar-refractivity contribution in [3.05, 3.63) is 47.8 Å². The molecule has 2 fully saturated rings. The summed E-state index contributed by atoms with van der Waals surface area (Å²) in [4.78, 5) is 34.6. The quantitative estimate of drug-likeness (QED) is 0.525. The molecule has 2 N–H and O–H groups in total. The van der Waals surface area contributed by atoms with Crippen LogP contribution in [0, 0.1) is 17.7 Å². The Kier molecular flexibility index (Phi) is 7.43. The van der Waals surface area contributed by atoms with Crippen LogP contribution in [0.15, 0.2) is 35.9 Å². The number of likely N-dealkylation sites (tertiary alicyclic amines) is 2. The molecule has 0 saturated carbocycles. The van der Waals surface area contributed by atoms with Gasteiger partial charge in [0.05, 0.1) is 0 Å². The van der Waals surface area contributed by atoms with Gasteiger partial charge in [-0.1, -0.05) is 5.16 Å². The summed E-state index contributed by atoms with van der Waals surface area (Å²) in [7, 11) is 1.45. The average Bonchev–Trinajstić information content (AvgIpc) is 2.85. The molecule has 0 radical (unpaired) electrons. The van der Waals surface area contributed by atoms with Crippen LogP contribution in [0.5, 0.6) is 0 Å². The number of amides is 1. The lowest BCUT2D eigenvalue weighted by Gasteiger charge is -2.37. The Hall–Kier alpha value is -3.14. The molecule has 0 aliphatic carbocycles. The number of anilines is 1. The Balaban J connectivity index is 1.28. The number of oxime groups is 1. The molecule has 0 unspecified atom stereocenters. The van der Waals surface area contributed by atoms with E-state index in [1.54, 1.807) is 24.7 Å². The van der Waals surface area contributed by atoms with Crippen LogP contribution in [0.4, 0.5) is 10.3 Å². The second kappa shape index (κ2) is 10.7. The average molecular weight is 456 g/mol. The van der Waals surface area contributed by atoms with Gasteiger partial charge in [0.25, 0.3) is 0 Å². The van der Waals surface area contributed by atoms with Gasteiger partial charge in [-0.15, -0.1) is 0 Å². The molecule has 0 atom stereocenters. The zero-order valence-electron chi connectivity index (χ0n) is 18.9. The Morgan fingerprint density at radius 1 is 1.12 bits per heavy atom. The first-order chi connectivity index (χ1) is 16.0. The van der Waals surface area contributed by atoms with Crippen LogP contribution in [0.1, 0.15) is 36.9 Å². The van der Waals surface area contributed by atoms with Crippen molar-refractivity contribution in [1.29, 1.82) is 0 Å². The number of halogens is 1. The summed E-state index contributed by atoms with van der Waals surface area (Å²) >= 11 is 0. The van der Waals surface area contributed by atoms with Crippen LogP contribution in [-0.2, 0) is 16.2 Å². The van der Waals surface area contributed by atoms with Gasteiger partial charge < -0.3 is 15.5 Å². The largest absolute Gasteiger partial charge is 0.399 e. The van der Waals surface area contributed by atoms with E-state index in [4.69, 9.17) is 10.6 Å². The van der Waals surface area contributed by atoms with E-state index in [0.29, 0.717) is 31.6 Å². The highest BCUT2D eigenvalue weighted by Crippen LogP contribution is 2.27. The van der Waals surface area contributed by atoms with Crippen LogP contribution in [-0.4, -0.2) is 69.7 Å². The summed E-state index contributed by atoms with van der Waals surface area (Å²) < 4.78 is 14.3. The molecule has 176 valence electrons. The molecular weight excluding hydrogens is 425 g/mol. The number of carbonyl (C=O) groups is 1. The Morgan fingerprint density at radius 3 is 2.42 bits per heavy atom. The number of nitrogen functional groups attached to an aromatic ring is 1. The van der Waals surface area contributed by atoms with Crippen LogP contribution in [0.2, 0.25) is 0 Å². The second-order valence-corrected chi connectivity index (χ2v) is 8.59. The minimum absolute atomic E-state index is 0.00220. The number of piperidine rings is 2. The third kappa shape index (κ3) is 5.62. The normalized spacial score (nSPS) is 19.0. The van der Waals surface area contributed by atoms with Gasteiger partial charge in [0, 0.05) is 55.6 Å². The van der Waals surface area contributed by atoms with Crippen LogP contribution < -0.4 is 5.73 Å².